The van der Waals surface area contributed by atoms with Gasteiger partial charge in [0.1, 0.15) is 0 Å². The molecule has 1 aliphatic heterocycles. The Morgan fingerprint density at radius 3 is 1.92 bits per heavy atom. The lowest BCUT2D eigenvalue weighted by Gasteiger charge is -2.44. The second-order valence-corrected chi connectivity index (χ2v) is 12.4. The molecule has 1 unspecified atom stereocenters. The number of hydrogen-bond acceptors (Lipinski definition) is 2. The highest BCUT2D eigenvalue weighted by Crippen LogP contribution is 2.36. The van der Waals surface area contributed by atoms with E-state index in [2.05, 4.69) is 86.8 Å². The molecule has 1 heterocycles. The summed E-state index contributed by atoms with van der Waals surface area (Å²) in [5, 5.41) is 6.43. The van der Waals surface area contributed by atoms with Gasteiger partial charge in [-0.05, 0) is 34.8 Å². The molecule has 0 aromatic heterocycles. The largest absolute Gasteiger partial charge is 0.406 e. The van der Waals surface area contributed by atoms with Crippen LogP contribution in [0.1, 0.15) is 40.0 Å². The van der Waals surface area contributed by atoms with Crippen molar-refractivity contribution in [1.82, 2.24) is 5.32 Å². The van der Waals surface area contributed by atoms with E-state index in [0.717, 1.165) is 13.2 Å². The first-order chi connectivity index (χ1) is 12.0. The van der Waals surface area contributed by atoms with Gasteiger partial charge in [0.25, 0.3) is 8.32 Å². The molecule has 3 heteroatoms. The topological polar surface area (TPSA) is 21.3 Å². The van der Waals surface area contributed by atoms with Gasteiger partial charge in [-0.3, -0.25) is 0 Å². The second-order valence-electron chi connectivity index (χ2n) is 8.12. The van der Waals surface area contributed by atoms with Crippen molar-refractivity contribution in [3.8, 4) is 0 Å². The van der Waals surface area contributed by atoms with E-state index in [4.69, 9.17) is 4.43 Å². The monoisotopic (exact) mass is 353 g/mol. The first-order valence-electron chi connectivity index (χ1n) is 9.52. The summed E-state index contributed by atoms with van der Waals surface area (Å²) in [4.78, 5) is 0. The zero-order valence-corrected chi connectivity index (χ0v) is 16.8. The van der Waals surface area contributed by atoms with Crippen molar-refractivity contribution in [2.75, 3.05) is 13.2 Å². The van der Waals surface area contributed by atoms with E-state index in [-0.39, 0.29) is 5.04 Å². The third-order valence-corrected chi connectivity index (χ3v) is 10.3. The van der Waals surface area contributed by atoms with E-state index >= 15 is 0 Å². The summed E-state index contributed by atoms with van der Waals surface area (Å²) in [6.07, 6.45) is 3.82. The summed E-state index contributed by atoms with van der Waals surface area (Å²) in [6, 6.07) is 22.3. The Balaban J connectivity index is 2.02. The fraction of sp³-hybridized carbons (Fsp3) is 0.455. The van der Waals surface area contributed by atoms with Gasteiger partial charge in [-0.1, -0.05) is 87.9 Å². The fourth-order valence-corrected chi connectivity index (χ4v) is 8.66. The molecule has 1 N–H and O–H groups in total. The highest BCUT2D eigenvalue weighted by molar-refractivity contribution is 6.99. The highest BCUT2D eigenvalue weighted by atomic mass is 28.4. The van der Waals surface area contributed by atoms with E-state index in [0.29, 0.717) is 6.04 Å². The molecule has 25 heavy (non-hydrogen) atoms. The van der Waals surface area contributed by atoms with Crippen molar-refractivity contribution < 1.29 is 4.43 Å². The van der Waals surface area contributed by atoms with Crippen LogP contribution in [-0.4, -0.2) is 27.5 Å². The van der Waals surface area contributed by atoms with E-state index in [1.165, 1.54) is 29.6 Å². The minimum absolute atomic E-state index is 0.0599. The Morgan fingerprint density at radius 1 is 0.920 bits per heavy atom. The first kappa shape index (κ1) is 18.4. The van der Waals surface area contributed by atoms with Gasteiger partial charge < -0.3 is 9.74 Å². The summed E-state index contributed by atoms with van der Waals surface area (Å²) in [7, 11) is -2.37. The molecule has 1 fully saturated rings. The zero-order valence-electron chi connectivity index (χ0n) is 15.8. The SMILES string of the molecule is CC(C)(C)[Si](OCC1CCCCN1)(c1ccccc1)c1ccccc1. The molecule has 1 saturated heterocycles. The van der Waals surface area contributed by atoms with Gasteiger partial charge in [-0.15, -0.1) is 0 Å². The Kier molecular flexibility index (Phi) is 5.77. The number of benzene rings is 2. The zero-order chi connectivity index (χ0) is 17.8. The maximum absolute atomic E-state index is 6.98. The van der Waals surface area contributed by atoms with Crippen LogP contribution in [0.3, 0.4) is 0 Å². The molecule has 2 aromatic carbocycles. The van der Waals surface area contributed by atoms with Gasteiger partial charge in [0.15, 0.2) is 0 Å². The van der Waals surface area contributed by atoms with Gasteiger partial charge in [0.2, 0.25) is 0 Å². The van der Waals surface area contributed by atoms with Crippen molar-refractivity contribution in [2.24, 2.45) is 0 Å². The average molecular weight is 354 g/mol. The maximum Gasteiger partial charge on any atom is 0.261 e. The number of nitrogens with one attached hydrogen (secondary N) is 1. The molecular formula is C22H31NOSi. The lowest BCUT2D eigenvalue weighted by molar-refractivity contribution is 0.227. The lowest BCUT2D eigenvalue weighted by Crippen LogP contribution is -2.67. The maximum atomic E-state index is 6.98. The van der Waals surface area contributed by atoms with Crippen LogP contribution < -0.4 is 15.7 Å². The number of hydrogen-bond donors (Lipinski definition) is 1. The van der Waals surface area contributed by atoms with Crippen molar-refractivity contribution in [2.45, 2.75) is 51.1 Å². The molecule has 2 nitrogen and oxygen atoms in total. The van der Waals surface area contributed by atoms with Crippen LogP contribution in [0.15, 0.2) is 60.7 Å². The summed E-state index contributed by atoms with van der Waals surface area (Å²) in [6.45, 7) is 8.94. The third-order valence-electron chi connectivity index (χ3n) is 5.33. The molecule has 3 rings (SSSR count). The molecule has 0 spiro atoms. The number of rotatable bonds is 5. The van der Waals surface area contributed by atoms with Gasteiger partial charge in [-0.25, -0.2) is 0 Å². The van der Waals surface area contributed by atoms with E-state index in [1.54, 1.807) is 0 Å². The predicted molar refractivity (Wildman–Crippen MR) is 109 cm³/mol. The molecule has 2 aromatic rings. The Labute approximate surface area is 153 Å². The van der Waals surface area contributed by atoms with E-state index in [9.17, 15) is 0 Å². The van der Waals surface area contributed by atoms with Crippen molar-refractivity contribution in [1.29, 1.82) is 0 Å². The minimum Gasteiger partial charge on any atom is -0.406 e. The van der Waals surface area contributed by atoms with Crippen LogP contribution in [0.4, 0.5) is 0 Å². The van der Waals surface area contributed by atoms with Gasteiger partial charge in [-0.2, -0.15) is 0 Å². The molecule has 0 amide bonds. The van der Waals surface area contributed by atoms with Crippen molar-refractivity contribution in [3.05, 3.63) is 60.7 Å². The van der Waals surface area contributed by atoms with E-state index in [1.807, 2.05) is 0 Å². The molecule has 0 radical (unpaired) electrons. The van der Waals surface area contributed by atoms with Crippen LogP contribution in [0.25, 0.3) is 0 Å². The minimum atomic E-state index is -2.37. The smallest absolute Gasteiger partial charge is 0.261 e. The van der Waals surface area contributed by atoms with Gasteiger partial charge in [0, 0.05) is 6.04 Å². The first-order valence-corrected chi connectivity index (χ1v) is 11.4. The van der Waals surface area contributed by atoms with Gasteiger partial charge >= 0.3 is 0 Å². The van der Waals surface area contributed by atoms with Crippen LogP contribution in [0, 0.1) is 0 Å². The summed E-state index contributed by atoms with van der Waals surface area (Å²) >= 11 is 0. The van der Waals surface area contributed by atoms with Crippen molar-refractivity contribution >= 4 is 18.7 Å². The van der Waals surface area contributed by atoms with Crippen molar-refractivity contribution in [3.63, 3.8) is 0 Å². The third kappa shape index (κ3) is 3.89. The van der Waals surface area contributed by atoms with Crippen LogP contribution in [0.2, 0.25) is 5.04 Å². The molecule has 1 aliphatic rings. The summed E-state index contributed by atoms with van der Waals surface area (Å²) in [5.74, 6) is 0. The molecule has 1 atom stereocenters. The van der Waals surface area contributed by atoms with Crippen LogP contribution in [-0.2, 0) is 4.43 Å². The quantitative estimate of drug-likeness (QED) is 0.828. The van der Waals surface area contributed by atoms with E-state index < -0.39 is 8.32 Å². The lowest BCUT2D eigenvalue weighted by atomic mass is 10.1. The number of piperidine rings is 1. The Morgan fingerprint density at radius 2 is 1.48 bits per heavy atom. The Hall–Kier alpha value is -1.42. The van der Waals surface area contributed by atoms with Crippen LogP contribution >= 0.6 is 0 Å². The molecular weight excluding hydrogens is 322 g/mol. The molecule has 0 aliphatic carbocycles. The second kappa shape index (κ2) is 7.86. The van der Waals surface area contributed by atoms with Crippen LogP contribution in [0.5, 0.6) is 0 Å². The molecule has 0 bridgehead atoms. The summed E-state index contributed by atoms with van der Waals surface area (Å²) in [5.41, 5.74) is 0. The molecule has 134 valence electrons. The normalized spacial score (nSPS) is 18.9. The van der Waals surface area contributed by atoms with Gasteiger partial charge in [0.05, 0.1) is 6.61 Å². The Bertz CT molecular complexity index is 605. The standard InChI is InChI=1S/C22H31NOSi/c1-22(2,3)25(20-13-6-4-7-14-20,21-15-8-5-9-16-21)24-18-19-12-10-11-17-23-19/h4-9,13-16,19,23H,10-12,17-18H2,1-3H3. The highest BCUT2D eigenvalue weighted by Gasteiger charge is 2.50. The molecule has 0 saturated carbocycles. The average Bonchev–Trinajstić information content (AvgIpc) is 2.64. The fourth-order valence-electron chi connectivity index (χ4n) is 4.05. The summed E-state index contributed by atoms with van der Waals surface area (Å²) < 4.78 is 6.98. The predicted octanol–water partition coefficient (Wildman–Crippen LogP) is 3.71.